The molecule has 1 aliphatic carbocycles. The standard InChI is InChI=1S/C14H27N3O2/c1-3-17(2)14(19)10-16-13(18)8-11-4-6-12(9-15)7-5-11/h11-12H,3-10,15H2,1-2H3,(H,16,18). The molecule has 0 aliphatic heterocycles. The highest BCUT2D eigenvalue weighted by Gasteiger charge is 2.22. The van der Waals surface area contributed by atoms with Gasteiger partial charge in [-0.3, -0.25) is 9.59 Å². The van der Waals surface area contributed by atoms with Crippen LogP contribution in [0.4, 0.5) is 0 Å². The third-order valence-electron chi connectivity index (χ3n) is 4.11. The third-order valence-corrected chi connectivity index (χ3v) is 4.11. The second-order valence-electron chi connectivity index (χ2n) is 5.51. The highest BCUT2D eigenvalue weighted by molar-refractivity contribution is 5.84. The van der Waals surface area contributed by atoms with Crippen molar-refractivity contribution >= 4 is 11.8 Å². The number of rotatable bonds is 6. The molecule has 1 fully saturated rings. The van der Waals surface area contributed by atoms with Gasteiger partial charge in [0.15, 0.2) is 0 Å². The Kier molecular flexibility index (Phi) is 6.84. The molecule has 1 saturated carbocycles. The number of hydrogen-bond donors (Lipinski definition) is 2. The highest BCUT2D eigenvalue weighted by Crippen LogP contribution is 2.29. The van der Waals surface area contributed by atoms with E-state index in [0.717, 1.165) is 32.2 Å². The maximum atomic E-state index is 11.8. The molecule has 19 heavy (non-hydrogen) atoms. The minimum atomic E-state index is -0.0392. The molecule has 0 aromatic rings. The summed E-state index contributed by atoms with van der Waals surface area (Å²) in [6.07, 6.45) is 4.97. The quantitative estimate of drug-likeness (QED) is 0.746. The van der Waals surface area contributed by atoms with E-state index in [4.69, 9.17) is 5.73 Å². The first-order valence-electron chi connectivity index (χ1n) is 7.27. The van der Waals surface area contributed by atoms with E-state index in [1.807, 2.05) is 6.92 Å². The summed E-state index contributed by atoms with van der Waals surface area (Å²) < 4.78 is 0. The minimum Gasteiger partial charge on any atom is -0.347 e. The molecule has 0 aromatic heterocycles. The monoisotopic (exact) mass is 269 g/mol. The number of nitrogens with two attached hydrogens (primary N) is 1. The van der Waals surface area contributed by atoms with Crippen LogP contribution in [0.15, 0.2) is 0 Å². The average molecular weight is 269 g/mol. The molecule has 0 atom stereocenters. The van der Waals surface area contributed by atoms with E-state index in [1.54, 1.807) is 11.9 Å². The van der Waals surface area contributed by atoms with Gasteiger partial charge in [-0.25, -0.2) is 0 Å². The number of likely N-dealkylation sites (N-methyl/N-ethyl adjacent to an activating group) is 1. The summed E-state index contributed by atoms with van der Waals surface area (Å²) in [5.41, 5.74) is 5.65. The molecule has 0 unspecified atom stereocenters. The number of carbonyl (C=O) groups excluding carboxylic acids is 2. The van der Waals surface area contributed by atoms with Crippen LogP contribution in [-0.4, -0.2) is 43.4 Å². The summed E-state index contributed by atoms with van der Waals surface area (Å²) in [7, 11) is 1.74. The molecule has 0 saturated heterocycles. The largest absolute Gasteiger partial charge is 0.347 e. The van der Waals surface area contributed by atoms with Gasteiger partial charge in [-0.15, -0.1) is 0 Å². The molecule has 0 heterocycles. The van der Waals surface area contributed by atoms with Crippen LogP contribution in [0.3, 0.4) is 0 Å². The number of hydrogen-bond acceptors (Lipinski definition) is 3. The normalized spacial score (nSPS) is 22.9. The number of nitrogens with one attached hydrogen (secondary N) is 1. The van der Waals surface area contributed by atoms with Gasteiger partial charge in [-0.05, 0) is 51.0 Å². The Balaban J connectivity index is 2.19. The Labute approximate surface area is 115 Å². The molecule has 1 rings (SSSR count). The smallest absolute Gasteiger partial charge is 0.241 e. The summed E-state index contributed by atoms with van der Waals surface area (Å²) in [6, 6.07) is 0. The van der Waals surface area contributed by atoms with Gasteiger partial charge in [0.2, 0.25) is 11.8 Å². The lowest BCUT2D eigenvalue weighted by molar-refractivity contribution is -0.132. The van der Waals surface area contributed by atoms with Crippen molar-refractivity contribution in [3.8, 4) is 0 Å². The SMILES string of the molecule is CCN(C)C(=O)CNC(=O)CC1CCC(CN)CC1. The second-order valence-corrected chi connectivity index (χ2v) is 5.51. The van der Waals surface area contributed by atoms with E-state index in [2.05, 4.69) is 5.32 Å². The van der Waals surface area contributed by atoms with Crippen molar-refractivity contribution in [2.75, 3.05) is 26.7 Å². The molecule has 0 radical (unpaired) electrons. The van der Waals surface area contributed by atoms with Crippen molar-refractivity contribution in [2.45, 2.75) is 39.0 Å². The zero-order valence-corrected chi connectivity index (χ0v) is 12.2. The second kappa shape index (κ2) is 8.15. The van der Waals surface area contributed by atoms with Gasteiger partial charge in [0.25, 0.3) is 0 Å². The van der Waals surface area contributed by atoms with Crippen LogP contribution >= 0.6 is 0 Å². The van der Waals surface area contributed by atoms with Crippen LogP contribution in [0.25, 0.3) is 0 Å². The molecule has 5 nitrogen and oxygen atoms in total. The van der Waals surface area contributed by atoms with Crippen molar-refractivity contribution in [2.24, 2.45) is 17.6 Å². The number of carbonyl (C=O) groups is 2. The molecule has 0 spiro atoms. The first-order chi connectivity index (χ1) is 9.06. The third kappa shape index (κ3) is 5.59. The first-order valence-corrected chi connectivity index (χ1v) is 7.27. The molecule has 0 aromatic carbocycles. The Bertz CT molecular complexity index is 299. The van der Waals surface area contributed by atoms with Gasteiger partial charge in [0.05, 0.1) is 6.54 Å². The fourth-order valence-corrected chi connectivity index (χ4v) is 2.49. The summed E-state index contributed by atoms with van der Waals surface area (Å²) in [5, 5.41) is 2.72. The topological polar surface area (TPSA) is 75.4 Å². The molecule has 2 amide bonds. The number of amides is 2. The highest BCUT2D eigenvalue weighted by atomic mass is 16.2. The van der Waals surface area contributed by atoms with E-state index in [0.29, 0.717) is 24.8 Å². The fraction of sp³-hybridized carbons (Fsp3) is 0.857. The van der Waals surface area contributed by atoms with Crippen LogP contribution in [0.5, 0.6) is 0 Å². The maximum Gasteiger partial charge on any atom is 0.241 e. The van der Waals surface area contributed by atoms with Crippen molar-refractivity contribution in [1.29, 1.82) is 0 Å². The van der Waals surface area contributed by atoms with Gasteiger partial charge < -0.3 is 16.0 Å². The van der Waals surface area contributed by atoms with Gasteiger partial charge >= 0.3 is 0 Å². The fourth-order valence-electron chi connectivity index (χ4n) is 2.49. The predicted octanol–water partition coefficient (Wildman–Crippen LogP) is 0.736. The van der Waals surface area contributed by atoms with Crippen molar-refractivity contribution < 1.29 is 9.59 Å². The molecule has 0 bridgehead atoms. The zero-order chi connectivity index (χ0) is 14.3. The predicted molar refractivity (Wildman–Crippen MR) is 75.4 cm³/mol. The Morgan fingerprint density at radius 3 is 2.32 bits per heavy atom. The first kappa shape index (κ1) is 16.0. The van der Waals surface area contributed by atoms with E-state index in [9.17, 15) is 9.59 Å². The Morgan fingerprint density at radius 1 is 1.21 bits per heavy atom. The molecular weight excluding hydrogens is 242 g/mol. The summed E-state index contributed by atoms with van der Waals surface area (Å²) in [6.45, 7) is 3.45. The lowest BCUT2D eigenvalue weighted by Gasteiger charge is -2.27. The maximum absolute atomic E-state index is 11.8. The van der Waals surface area contributed by atoms with Crippen LogP contribution < -0.4 is 11.1 Å². The van der Waals surface area contributed by atoms with Gasteiger partial charge in [-0.2, -0.15) is 0 Å². The van der Waals surface area contributed by atoms with Crippen LogP contribution in [0.1, 0.15) is 39.0 Å². The van der Waals surface area contributed by atoms with Crippen LogP contribution in [-0.2, 0) is 9.59 Å². The van der Waals surface area contributed by atoms with Gasteiger partial charge in [-0.1, -0.05) is 0 Å². The van der Waals surface area contributed by atoms with Gasteiger partial charge in [0.1, 0.15) is 0 Å². The van der Waals surface area contributed by atoms with Gasteiger partial charge in [0, 0.05) is 20.0 Å². The summed E-state index contributed by atoms with van der Waals surface area (Å²) in [4.78, 5) is 24.9. The number of nitrogens with zero attached hydrogens (tertiary/aromatic N) is 1. The molecule has 3 N–H and O–H groups in total. The summed E-state index contributed by atoms with van der Waals surface area (Å²) in [5.74, 6) is 1.05. The average Bonchev–Trinajstić information content (AvgIpc) is 2.44. The van der Waals surface area contributed by atoms with Crippen molar-refractivity contribution in [3.63, 3.8) is 0 Å². The minimum absolute atomic E-state index is 0.00551. The lowest BCUT2D eigenvalue weighted by Crippen LogP contribution is -2.38. The van der Waals surface area contributed by atoms with E-state index in [1.165, 1.54) is 0 Å². The Morgan fingerprint density at radius 2 is 1.79 bits per heavy atom. The molecule has 110 valence electrons. The van der Waals surface area contributed by atoms with Crippen LogP contribution in [0, 0.1) is 11.8 Å². The van der Waals surface area contributed by atoms with Crippen molar-refractivity contribution in [1.82, 2.24) is 10.2 Å². The molecular formula is C14H27N3O2. The van der Waals surface area contributed by atoms with E-state index >= 15 is 0 Å². The zero-order valence-electron chi connectivity index (χ0n) is 12.2. The van der Waals surface area contributed by atoms with E-state index in [-0.39, 0.29) is 18.4 Å². The molecule has 1 aliphatic rings. The van der Waals surface area contributed by atoms with E-state index < -0.39 is 0 Å². The van der Waals surface area contributed by atoms with Crippen molar-refractivity contribution in [3.05, 3.63) is 0 Å². The summed E-state index contributed by atoms with van der Waals surface area (Å²) >= 11 is 0. The Hall–Kier alpha value is -1.10. The lowest BCUT2D eigenvalue weighted by atomic mass is 9.80. The molecule has 5 heteroatoms. The van der Waals surface area contributed by atoms with Crippen LogP contribution in [0.2, 0.25) is 0 Å².